The molecule has 38 heavy (non-hydrogen) atoms. The van der Waals surface area contributed by atoms with Crippen LogP contribution < -0.4 is 0 Å². The van der Waals surface area contributed by atoms with Crippen LogP contribution in [0.4, 0.5) is 13.2 Å². The summed E-state index contributed by atoms with van der Waals surface area (Å²) in [6, 6.07) is 8.80. The zero-order valence-corrected chi connectivity index (χ0v) is 23.9. The number of hydrogen-bond donors (Lipinski definition) is 0. The third-order valence-electron chi connectivity index (χ3n) is 6.68. The predicted molar refractivity (Wildman–Crippen MR) is 139 cm³/mol. The molecule has 0 bridgehead atoms. The minimum atomic E-state index is -5.35. The zero-order chi connectivity index (χ0) is 28.0. The fraction of sp³-hybridized carbons (Fsp3) is 0.417. The number of carbonyl (C=O) groups is 2. The molecule has 1 fully saturated rings. The van der Waals surface area contributed by atoms with Crippen LogP contribution in [-0.2, 0) is 24.3 Å². The molecule has 1 atom stereocenters. The van der Waals surface area contributed by atoms with E-state index >= 15 is 0 Å². The Morgan fingerprint density at radius 1 is 1.16 bits per heavy atom. The average molecular weight is 637 g/mol. The van der Waals surface area contributed by atoms with E-state index in [2.05, 4.69) is 20.8 Å². The highest BCUT2D eigenvalue weighted by Gasteiger charge is 2.46. The van der Waals surface area contributed by atoms with Gasteiger partial charge in [-0.3, -0.25) is 4.79 Å². The van der Waals surface area contributed by atoms with Gasteiger partial charge in [-0.15, -0.1) is 11.3 Å². The number of esters is 1. The first-order valence-corrected chi connectivity index (χ1v) is 14.6. The molecule has 206 valence electrons. The van der Waals surface area contributed by atoms with E-state index in [0.717, 1.165) is 15.3 Å². The molecule has 8 nitrogen and oxygen atoms in total. The number of benzene rings is 1. The van der Waals surface area contributed by atoms with Gasteiger partial charge in [0.05, 0.1) is 9.30 Å². The molecule has 3 aromatic rings. The first-order valence-electron chi connectivity index (χ1n) is 11.6. The van der Waals surface area contributed by atoms with Crippen LogP contribution in [0.3, 0.4) is 0 Å². The smallest absolute Gasteiger partial charge is 0.441 e. The van der Waals surface area contributed by atoms with Crippen LogP contribution in [0.2, 0.25) is 0 Å². The van der Waals surface area contributed by atoms with Gasteiger partial charge < -0.3 is 14.5 Å². The number of halogens is 4. The molecule has 1 aliphatic heterocycles. The number of thiophene rings is 1. The number of carbonyl (C=O) groups excluding carboxylic acids is 2. The van der Waals surface area contributed by atoms with Gasteiger partial charge in [-0.25, -0.2) is 8.77 Å². The predicted octanol–water partition coefficient (Wildman–Crippen LogP) is 4.71. The van der Waals surface area contributed by atoms with Crippen LogP contribution in [0, 0.1) is 6.92 Å². The number of alkyl halides is 3. The van der Waals surface area contributed by atoms with Gasteiger partial charge in [0.15, 0.2) is 0 Å². The molecule has 1 saturated heterocycles. The number of amides is 1. The van der Waals surface area contributed by atoms with E-state index in [4.69, 9.17) is 4.74 Å². The minimum Gasteiger partial charge on any atom is -0.441 e. The van der Waals surface area contributed by atoms with E-state index in [1.165, 1.54) is 37.1 Å². The molecule has 2 aromatic heterocycles. The fourth-order valence-corrected chi connectivity index (χ4v) is 8.34. The summed E-state index contributed by atoms with van der Waals surface area (Å²) in [5, 5.41) is 0.189. The van der Waals surface area contributed by atoms with Crippen molar-refractivity contribution >= 4 is 60.1 Å². The lowest BCUT2D eigenvalue weighted by Gasteiger charge is -2.36. The van der Waals surface area contributed by atoms with Gasteiger partial charge in [-0.1, -0.05) is 18.2 Å². The summed E-state index contributed by atoms with van der Waals surface area (Å²) in [5.74, 6) is -3.40. The Balaban J connectivity index is 1.88. The number of ether oxygens (including phenoxy) is 1. The van der Waals surface area contributed by atoms with Crippen LogP contribution in [0.5, 0.6) is 0 Å². The average Bonchev–Trinajstić information content (AvgIpc) is 3.42. The van der Waals surface area contributed by atoms with Crippen molar-refractivity contribution in [2.24, 2.45) is 0 Å². The Kier molecular flexibility index (Phi) is 7.99. The first-order chi connectivity index (χ1) is 17.7. The van der Waals surface area contributed by atoms with Crippen molar-refractivity contribution in [1.29, 1.82) is 0 Å². The number of likely N-dealkylation sites (N-methyl/N-ethyl adjacent to an activating group) is 1. The van der Waals surface area contributed by atoms with Crippen LogP contribution in [-0.4, -0.2) is 73.5 Å². The highest BCUT2D eigenvalue weighted by molar-refractivity contribution is 9.11. The lowest BCUT2D eigenvalue weighted by Crippen LogP contribution is -2.47. The van der Waals surface area contributed by atoms with Gasteiger partial charge in [-0.05, 0) is 74.0 Å². The first kappa shape index (κ1) is 28.6. The van der Waals surface area contributed by atoms with Crippen LogP contribution in [0.15, 0.2) is 44.4 Å². The molecule has 4 rings (SSSR count). The third kappa shape index (κ3) is 5.36. The number of para-hydroxylation sites is 1. The summed E-state index contributed by atoms with van der Waals surface area (Å²) in [7, 11) is -0.819. The number of piperidine rings is 1. The summed E-state index contributed by atoms with van der Waals surface area (Å²) in [5.41, 5.74) is 0.00956. The molecule has 3 heterocycles. The van der Waals surface area contributed by atoms with Crippen LogP contribution in [0.1, 0.15) is 30.2 Å². The molecule has 1 aromatic carbocycles. The van der Waals surface area contributed by atoms with Gasteiger partial charge in [0, 0.05) is 29.7 Å². The highest BCUT2D eigenvalue weighted by atomic mass is 79.9. The second-order valence-corrected chi connectivity index (χ2v) is 13.6. The van der Waals surface area contributed by atoms with Crippen molar-refractivity contribution in [2.75, 3.05) is 27.2 Å². The fourth-order valence-electron chi connectivity index (χ4n) is 4.68. The molecule has 1 aliphatic rings. The second kappa shape index (κ2) is 10.6. The molecule has 0 saturated carbocycles. The molecule has 0 radical (unpaired) electrons. The number of hydrogen-bond acceptors (Lipinski definition) is 7. The van der Waals surface area contributed by atoms with Crippen LogP contribution >= 0.6 is 27.3 Å². The van der Waals surface area contributed by atoms with E-state index in [9.17, 15) is 31.2 Å². The van der Waals surface area contributed by atoms with Crippen LogP contribution in [0.25, 0.3) is 10.9 Å². The minimum absolute atomic E-state index is 0.0154. The molecule has 1 amide bonds. The zero-order valence-electron chi connectivity index (χ0n) is 20.7. The summed E-state index contributed by atoms with van der Waals surface area (Å²) < 4.78 is 73.6. The Labute approximate surface area is 230 Å². The number of aromatic nitrogens is 1. The second-order valence-electron chi connectivity index (χ2n) is 9.11. The number of likely N-dealkylation sites (tertiary alicyclic amines) is 1. The summed E-state index contributed by atoms with van der Waals surface area (Å²) >= 11 is 4.21. The quantitative estimate of drug-likeness (QED) is 0.365. The summed E-state index contributed by atoms with van der Waals surface area (Å²) in [6.07, 6.45) is -6.20. The van der Waals surface area contributed by atoms with Gasteiger partial charge in [-0.2, -0.15) is 21.6 Å². The SMILES string of the molecule is Cc1c(C(OC(=O)C(F)(F)F)C(=O)N(C)C2CCN(C)CC2)c2ccccc2n1S(=O)(=O)c1ccc(Br)s1. The maximum Gasteiger partial charge on any atom is 0.490 e. The van der Waals surface area contributed by atoms with Gasteiger partial charge in [0.25, 0.3) is 15.9 Å². The normalized spacial score (nSPS) is 16.5. The summed E-state index contributed by atoms with van der Waals surface area (Å²) in [6.45, 7) is 2.75. The van der Waals surface area contributed by atoms with E-state index in [1.807, 2.05) is 7.05 Å². The third-order valence-corrected chi connectivity index (χ3v) is 10.6. The summed E-state index contributed by atoms with van der Waals surface area (Å²) in [4.78, 5) is 29.1. The lowest BCUT2D eigenvalue weighted by atomic mass is 10.0. The Morgan fingerprint density at radius 3 is 2.37 bits per heavy atom. The van der Waals surface area contributed by atoms with Crippen molar-refractivity contribution in [3.05, 3.63) is 51.4 Å². The van der Waals surface area contributed by atoms with Gasteiger partial charge >= 0.3 is 12.1 Å². The molecule has 0 spiro atoms. The molecule has 0 aliphatic carbocycles. The van der Waals surface area contributed by atoms with E-state index in [1.54, 1.807) is 18.2 Å². The molecular weight excluding hydrogens is 611 g/mol. The van der Waals surface area contributed by atoms with E-state index in [-0.39, 0.29) is 32.4 Å². The monoisotopic (exact) mass is 635 g/mol. The van der Waals surface area contributed by atoms with Crippen molar-refractivity contribution in [1.82, 2.24) is 13.8 Å². The van der Waals surface area contributed by atoms with Crippen molar-refractivity contribution in [2.45, 2.75) is 42.3 Å². The number of fused-ring (bicyclic) bond motifs is 1. The van der Waals surface area contributed by atoms with Gasteiger partial charge in [0.2, 0.25) is 6.10 Å². The largest absolute Gasteiger partial charge is 0.490 e. The number of rotatable bonds is 6. The maximum atomic E-state index is 13.7. The van der Waals surface area contributed by atoms with E-state index in [0.29, 0.717) is 29.7 Å². The molecule has 0 N–H and O–H groups in total. The maximum absolute atomic E-state index is 13.7. The lowest BCUT2D eigenvalue weighted by molar-refractivity contribution is -0.207. The van der Waals surface area contributed by atoms with Crippen molar-refractivity contribution in [3.63, 3.8) is 0 Å². The van der Waals surface area contributed by atoms with Crippen molar-refractivity contribution < 1.29 is 35.9 Å². The molecular formula is C24H25BrF3N3O5S2. The Bertz CT molecular complexity index is 1480. The number of nitrogens with zero attached hydrogens (tertiary/aromatic N) is 3. The Morgan fingerprint density at radius 2 is 1.79 bits per heavy atom. The van der Waals surface area contributed by atoms with E-state index < -0.39 is 34.2 Å². The highest BCUT2D eigenvalue weighted by Crippen LogP contribution is 2.39. The van der Waals surface area contributed by atoms with Crippen molar-refractivity contribution in [3.8, 4) is 0 Å². The van der Waals surface area contributed by atoms with Gasteiger partial charge in [0.1, 0.15) is 4.21 Å². The molecule has 14 heteroatoms. The topological polar surface area (TPSA) is 88.9 Å². The standard InChI is InChI=1S/C24H25BrF3N3O5S2/c1-14-20(16-6-4-5-7-17(16)31(14)38(34,35)19-9-8-18(25)37-19)21(36-23(33)24(26,27)28)22(32)30(3)15-10-12-29(2)13-11-15/h4-9,15,21H,10-13H2,1-3H3. The molecule has 1 unspecified atom stereocenters. The Hall–Kier alpha value is -2.42.